The molecule has 6 heteroatoms. The zero-order chi connectivity index (χ0) is 18.5. The van der Waals surface area contributed by atoms with Crippen molar-refractivity contribution in [2.24, 2.45) is 0 Å². The molecule has 0 spiro atoms. The van der Waals surface area contributed by atoms with E-state index in [1.54, 1.807) is 30.5 Å². The zero-order valence-corrected chi connectivity index (χ0v) is 15.6. The molecule has 132 valence electrons. The lowest BCUT2D eigenvalue weighted by atomic mass is 10.1. The summed E-state index contributed by atoms with van der Waals surface area (Å²) >= 11 is 11.9. The molecule has 2 N–H and O–H groups in total. The molecule has 0 aliphatic heterocycles. The number of nitrogens with one attached hydrogen (secondary N) is 2. The standard InChI is InChI=1S/C20H17Cl2N3O/c1-13-2-4-14(5-3-13)10-24-20(26)15-8-17(12-23-11-15)25-16-6-7-18(21)19(22)9-16/h2-9,11-12,25H,10H2,1H3,(H,24,26). The van der Waals surface area contributed by atoms with E-state index in [-0.39, 0.29) is 5.91 Å². The predicted octanol–water partition coefficient (Wildman–Crippen LogP) is 5.37. The number of halogens is 2. The molecule has 1 amide bonds. The van der Waals surface area contributed by atoms with Crippen LogP contribution in [0.15, 0.2) is 60.9 Å². The van der Waals surface area contributed by atoms with E-state index >= 15 is 0 Å². The van der Waals surface area contributed by atoms with E-state index in [4.69, 9.17) is 23.2 Å². The molecular weight excluding hydrogens is 369 g/mol. The Morgan fingerprint density at radius 1 is 0.962 bits per heavy atom. The van der Waals surface area contributed by atoms with Gasteiger partial charge >= 0.3 is 0 Å². The lowest BCUT2D eigenvalue weighted by Gasteiger charge is -2.09. The molecule has 2 aromatic carbocycles. The molecule has 26 heavy (non-hydrogen) atoms. The van der Waals surface area contributed by atoms with Gasteiger partial charge < -0.3 is 10.6 Å². The van der Waals surface area contributed by atoms with E-state index in [1.807, 2.05) is 31.2 Å². The Hall–Kier alpha value is -2.56. The first-order chi connectivity index (χ1) is 12.5. The topological polar surface area (TPSA) is 54.0 Å². The third-order valence-electron chi connectivity index (χ3n) is 3.78. The largest absolute Gasteiger partial charge is 0.354 e. The molecular formula is C20H17Cl2N3O. The summed E-state index contributed by atoms with van der Waals surface area (Å²) in [6.45, 7) is 2.49. The monoisotopic (exact) mass is 385 g/mol. The first-order valence-corrected chi connectivity index (χ1v) is 8.78. The highest BCUT2D eigenvalue weighted by Crippen LogP contribution is 2.27. The van der Waals surface area contributed by atoms with Crippen LogP contribution in [0.2, 0.25) is 10.0 Å². The molecule has 0 bridgehead atoms. The van der Waals surface area contributed by atoms with Gasteiger partial charge in [-0.05, 0) is 36.8 Å². The molecule has 0 unspecified atom stereocenters. The molecule has 0 aliphatic carbocycles. The van der Waals surface area contributed by atoms with Crippen LogP contribution in [0.1, 0.15) is 21.5 Å². The van der Waals surface area contributed by atoms with Crippen LogP contribution in [-0.2, 0) is 6.54 Å². The van der Waals surface area contributed by atoms with Crippen LogP contribution >= 0.6 is 23.2 Å². The number of nitrogens with zero attached hydrogens (tertiary/aromatic N) is 1. The molecule has 0 radical (unpaired) electrons. The van der Waals surface area contributed by atoms with Gasteiger partial charge in [0.1, 0.15) is 0 Å². The second kappa shape index (κ2) is 8.21. The lowest BCUT2D eigenvalue weighted by molar-refractivity contribution is 0.0950. The lowest BCUT2D eigenvalue weighted by Crippen LogP contribution is -2.23. The van der Waals surface area contributed by atoms with Gasteiger partial charge in [-0.3, -0.25) is 9.78 Å². The summed E-state index contributed by atoms with van der Waals surface area (Å²) < 4.78 is 0. The summed E-state index contributed by atoms with van der Waals surface area (Å²) in [6.07, 6.45) is 3.17. The maximum Gasteiger partial charge on any atom is 0.253 e. The van der Waals surface area contributed by atoms with Crippen LogP contribution in [0.25, 0.3) is 0 Å². The average Bonchev–Trinajstić information content (AvgIpc) is 2.64. The third kappa shape index (κ3) is 4.75. The Labute approximate surface area is 162 Å². The van der Waals surface area contributed by atoms with E-state index in [9.17, 15) is 4.79 Å². The second-order valence-electron chi connectivity index (χ2n) is 5.88. The highest BCUT2D eigenvalue weighted by molar-refractivity contribution is 6.42. The first-order valence-electron chi connectivity index (χ1n) is 8.02. The van der Waals surface area contributed by atoms with Gasteiger partial charge in [0.2, 0.25) is 0 Å². The molecule has 1 heterocycles. The van der Waals surface area contributed by atoms with Crippen LogP contribution in [0, 0.1) is 6.92 Å². The Morgan fingerprint density at radius 3 is 2.46 bits per heavy atom. The minimum absolute atomic E-state index is 0.184. The highest BCUT2D eigenvalue weighted by Gasteiger charge is 2.08. The fraction of sp³-hybridized carbons (Fsp3) is 0.100. The molecule has 3 rings (SSSR count). The normalized spacial score (nSPS) is 10.4. The summed E-state index contributed by atoms with van der Waals surface area (Å²) in [5, 5.41) is 7.00. The number of amides is 1. The number of benzene rings is 2. The van der Waals surface area contributed by atoms with E-state index < -0.39 is 0 Å². The van der Waals surface area contributed by atoms with Gasteiger partial charge in [0.25, 0.3) is 5.91 Å². The minimum atomic E-state index is -0.184. The maximum absolute atomic E-state index is 12.4. The van der Waals surface area contributed by atoms with Gasteiger partial charge in [-0.25, -0.2) is 0 Å². The highest BCUT2D eigenvalue weighted by atomic mass is 35.5. The first kappa shape index (κ1) is 18.2. The minimum Gasteiger partial charge on any atom is -0.354 e. The Morgan fingerprint density at radius 2 is 1.73 bits per heavy atom. The number of pyridine rings is 1. The Bertz CT molecular complexity index is 927. The van der Waals surface area contributed by atoms with Gasteiger partial charge in [0, 0.05) is 18.4 Å². The quantitative estimate of drug-likeness (QED) is 0.620. The smallest absolute Gasteiger partial charge is 0.253 e. The van der Waals surface area contributed by atoms with E-state index in [2.05, 4.69) is 15.6 Å². The fourth-order valence-electron chi connectivity index (χ4n) is 2.36. The predicted molar refractivity (Wildman–Crippen MR) is 106 cm³/mol. The molecule has 0 saturated carbocycles. The van der Waals surface area contributed by atoms with Gasteiger partial charge in [-0.1, -0.05) is 53.0 Å². The van der Waals surface area contributed by atoms with Gasteiger partial charge in [0.15, 0.2) is 0 Å². The number of carbonyl (C=O) groups excluding carboxylic acids is 1. The Kier molecular flexibility index (Phi) is 5.76. The number of anilines is 2. The van der Waals surface area contributed by atoms with Crippen molar-refractivity contribution in [3.8, 4) is 0 Å². The van der Waals surface area contributed by atoms with Crippen molar-refractivity contribution >= 4 is 40.5 Å². The summed E-state index contributed by atoms with van der Waals surface area (Å²) in [4.78, 5) is 16.5. The molecule has 0 atom stereocenters. The third-order valence-corrected chi connectivity index (χ3v) is 4.52. The zero-order valence-electron chi connectivity index (χ0n) is 14.1. The molecule has 0 fully saturated rings. The van der Waals surface area contributed by atoms with Crippen molar-refractivity contribution in [2.45, 2.75) is 13.5 Å². The number of aromatic nitrogens is 1. The number of hydrogen-bond acceptors (Lipinski definition) is 3. The van der Waals surface area contributed by atoms with E-state index in [1.165, 1.54) is 11.8 Å². The summed E-state index contributed by atoms with van der Waals surface area (Å²) in [5.74, 6) is -0.184. The molecule has 3 aromatic rings. The summed E-state index contributed by atoms with van der Waals surface area (Å²) in [7, 11) is 0. The van der Waals surface area contributed by atoms with Gasteiger partial charge in [-0.15, -0.1) is 0 Å². The van der Waals surface area contributed by atoms with Crippen molar-refractivity contribution in [2.75, 3.05) is 5.32 Å². The van der Waals surface area contributed by atoms with E-state index in [0.29, 0.717) is 27.8 Å². The van der Waals surface area contributed by atoms with Gasteiger partial charge in [0.05, 0.1) is 27.5 Å². The average molecular weight is 386 g/mol. The maximum atomic E-state index is 12.4. The Balaban J connectivity index is 1.66. The molecule has 0 saturated heterocycles. The fourth-order valence-corrected chi connectivity index (χ4v) is 2.66. The van der Waals surface area contributed by atoms with Crippen LogP contribution < -0.4 is 10.6 Å². The van der Waals surface area contributed by atoms with Crippen LogP contribution in [0.5, 0.6) is 0 Å². The number of rotatable bonds is 5. The number of hydrogen-bond donors (Lipinski definition) is 2. The van der Waals surface area contributed by atoms with Crippen molar-refractivity contribution in [1.82, 2.24) is 10.3 Å². The van der Waals surface area contributed by atoms with Gasteiger partial charge in [-0.2, -0.15) is 0 Å². The van der Waals surface area contributed by atoms with Crippen LogP contribution in [0.3, 0.4) is 0 Å². The molecule has 0 aliphatic rings. The number of aryl methyl sites for hydroxylation is 1. The van der Waals surface area contributed by atoms with Crippen molar-refractivity contribution in [3.63, 3.8) is 0 Å². The van der Waals surface area contributed by atoms with E-state index in [0.717, 1.165) is 11.3 Å². The summed E-state index contributed by atoms with van der Waals surface area (Å²) in [5.41, 5.74) is 4.15. The van der Waals surface area contributed by atoms with Crippen LogP contribution in [0.4, 0.5) is 11.4 Å². The molecule has 1 aromatic heterocycles. The number of carbonyl (C=O) groups is 1. The molecule has 4 nitrogen and oxygen atoms in total. The second-order valence-corrected chi connectivity index (χ2v) is 6.70. The van der Waals surface area contributed by atoms with Crippen molar-refractivity contribution in [3.05, 3.63) is 87.7 Å². The van der Waals surface area contributed by atoms with Crippen LogP contribution in [-0.4, -0.2) is 10.9 Å². The van der Waals surface area contributed by atoms with Crippen molar-refractivity contribution < 1.29 is 4.79 Å². The van der Waals surface area contributed by atoms with Crippen molar-refractivity contribution in [1.29, 1.82) is 0 Å². The summed E-state index contributed by atoms with van der Waals surface area (Å²) in [6, 6.07) is 15.0. The SMILES string of the molecule is Cc1ccc(CNC(=O)c2cncc(Nc3ccc(Cl)c(Cl)c3)c2)cc1.